The van der Waals surface area contributed by atoms with Gasteiger partial charge in [0.2, 0.25) is 10.0 Å². The number of sulfonamides is 1. The summed E-state index contributed by atoms with van der Waals surface area (Å²) in [5.74, 6) is 0. The maximum atomic E-state index is 12.2. The molecule has 0 amide bonds. The molecular formula is C13H21NO3S2. The lowest BCUT2D eigenvalue weighted by atomic mass is 9.97. The summed E-state index contributed by atoms with van der Waals surface area (Å²) in [7, 11) is -3.42. The lowest BCUT2D eigenvalue weighted by Gasteiger charge is -2.20. The number of thiophene rings is 1. The molecule has 1 aromatic rings. The first-order valence-electron chi connectivity index (χ1n) is 6.84. The van der Waals surface area contributed by atoms with E-state index in [1.807, 2.05) is 0 Å². The summed E-state index contributed by atoms with van der Waals surface area (Å²) < 4.78 is 27.6. The fraction of sp³-hybridized carbons (Fsp3) is 0.692. The Balaban J connectivity index is 2.02. The molecule has 1 saturated carbocycles. The van der Waals surface area contributed by atoms with Crippen molar-refractivity contribution in [3.8, 4) is 0 Å². The van der Waals surface area contributed by atoms with Crippen molar-refractivity contribution in [3.05, 3.63) is 17.0 Å². The van der Waals surface area contributed by atoms with Gasteiger partial charge in [0, 0.05) is 10.9 Å². The fourth-order valence-electron chi connectivity index (χ4n) is 2.44. The van der Waals surface area contributed by atoms with E-state index in [9.17, 15) is 8.42 Å². The molecule has 0 bridgehead atoms. The van der Waals surface area contributed by atoms with Crippen LogP contribution in [0.4, 0.5) is 0 Å². The van der Waals surface area contributed by atoms with E-state index in [-0.39, 0.29) is 12.6 Å². The molecule has 0 aromatic carbocycles. The average molecular weight is 303 g/mol. The second-order valence-corrected chi connectivity index (χ2v) is 8.15. The molecule has 4 nitrogen and oxygen atoms in total. The number of hydrogen-bond acceptors (Lipinski definition) is 4. The maximum Gasteiger partial charge on any atom is 0.250 e. The van der Waals surface area contributed by atoms with Gasteiger partial charge in [-0.25, -0.2) is 13.1 Å². The van der Waals surface area contributed by atoms with Crippen LogP contribution in [0.1, 0.15) is 49.8 Å². The van der Waals surface area contributed by atoms with Gasteiger partial charge in [0.25, 0.3) is 0 Å². The zero-order chi connectivity index (χ0) is 13.7. The lowest BCUT2D eigenvalue weighted by Crippen LogP contribution is -2.34. The molecule has 1 aliphatic carbocycles. The van der Waals surface area contributed by atoms with E-state index in [4.69, 9.17) is 5.11 Å². The summed E-state index contributed by atoms with van der Waals surface area (Å²) in [6, 6.07) is 3.30. The van der Waals surface area contributed by atoms with Gasteiger partial charge >= 0.3 is 0 Å². The van der Waals surface area contributed by atoms with Gasteiger partial charge in [-0.15, -0.1) is 11.3 Å². The van der Waals surface area contributed by atoms with Gasteiger partial charge < -0.3 is 5.11 Å². The van der Waals surface area contributed by atoms with Crippen LogP contribution in [0.25, 0.3) is 0 Å². The molecule has 1 fully saturated rings. The minimum Gasteiger partial charge on any atom is -0.391 e. The number of aliphatic hydroxyl groups is 1. The van der Waals surface area contributed by atoms with E-state index in [1.165, 1.54) is 19.3 Å². The Kier molecular flexibility index (Phi) is 5.38. The zero-order valence-electron chi connectivity index (χ0n) is 11.0. The summed E-state index contributed by atoms with van der Waals surface area (Å²) in [5.41, 5.74) is 0. The molecule has 2 rings (SSSR count). The average Bonchev–Trinajstić information content (AvgIpc) is 2.82. The van der Waals surface area contributed by atoms with Crippen LogP contribution in [0, 0.1) is 0 Å². The highest BCUT2D eigenvalue weighted by molar-refractivity contribution is 7.91. The first-order valence-corrected chi connectivity index (χ1v) is 9.14. The maximum absolute atomic E-state index is 12.2. The summed E-state index contributed by atoms with van der Waals surface area (Å²) in [4.78, 5) is 0.679. The number of hydrogen-bond donors (Lipinski definition) is 2. The molecule has 0 radical (unpaired) electrons. The summed E-state index contributed by atoms with van der Waals surface area (Å²) in [6.07, 6.45) is 7.72. The molecule has 6 heteroatoms. The van der Waals surface area contributed by atoms with Crippen molar-refractivity contribution in [2.24, 2.45) is 0 Å². The quantitative estimate of drug-likeness (QED) is 0.898. The highest BCUT2D eigenvalue weighted by Crippen LogP contribution is 2.24. The largest absolute Gasteiger partial charge is 0.391 e. The van der Waals surface area contributed by atoms with Crippen LogP contribution < -0.4 is 4.72 Å². The summed E-state index contributed by atoms with van der Waals surface area (Å²) in [5, 5.41) is 9.00. The van der Waals surface area contributed by atoms with Crippen LogP contribution in [-0.4, -0.2) is 19.6 Å². The van der Waals surface area contributed by atoms with Crippen molar-refractivity contribution in [2.75, 3.05) is 0 Å². The molecule has 0 unspecified atom stereocenters. The Labute approximate surface area is 118 Å². The van der Waals surface area contributed by atoms with Crippen molar-refractivity contribution < 1.29 is 13.5 Å². The van der Waals surface area contributed by atoms with Gasteiger partial charge in [-0.3, -0.25) is 0 Å². The van der Waals surface area contributed by atoms with Crippen LogP contribution in [0.15, 0.2) is 16.3 Å². The third kappa shape index (κ3) is 4.27. The van der Waals surface area contributed by atoms with Crippen LogP contribution in [0.3, 0.4) is 0 Å². The Bertz CT molecular complexity index is 488. The molecule has 0 spiro atoms. The van der Waals surface area contributed by atoms with Gasteiger partial charge in [-0.1, -0.05) is 32.1 Å². The van der Waals surface area contributed by atoms with Gasteiger partial charge in [-0.05, 0) is 25.0 Å². The molecule has 1 aliphatic rings. The van der Waals surface area contributed by atoms with E-state index in [1.54, 1.807) is 12.1 Å². The molecule has 1 heterocycles. The fourth-order valence-corrected chi connectivity index (χ4v) is 4.98. The van der Waals surface area contributed by atoms with Crippen molar-refractivity contribution in [3.63, 3.8) is 0 Å². The van der Waals surface area contributed by atoms with Crippen molar-refractivity contribution in [2.45, 2.75) is 61.8 Å². The van der Waals surface area contributed by atoms with Crippen LogP contribution in [-0.2, 0) is 16.6 Å². The second-order valence-electron chi connectivity index (χ2n) is 5.04. The topological polar surface area (TPSA) is 66.4 Å². The second kappa shape index (κ2) is 6.83. The van der Waals surface area contributed by atoms with E-state index < -0.39 is 10.0 Å². The minimum atomic E-state index is -3.42. The third-order valence-corrected chi connectivity index (χ3v) is 6.57. The summed E-state index contributed by atoms with van der Waals surface area (Å²) >= 11 is 1.14. The van der Waals surface area contributed by atoms with Crippen LogP contribution in [0.5, 0.6) is 0 Å². The number of aliphatic hydroxyl groups excluding tert-OH is 1. The zero-order valence-corrected chi connectivity index (χ0v) is 12.6. The van der Waals surface area contributed by atoms with Crippen LogP contribution >= 0.6 is 11.3 Å². The van der Waals surface area contributed by atoms with E-state index in [0.29, 0.717) is 9.09 Å². The Morgan fingerprint density at radius 3 is 2.37 bits per heavy atom. The van der Waals surface area contributed by atoms with Crippen molar-refractivity contribution in [1.29, 1.82) is 0 Å². The molecule has 0 saturated heterocycles. The van der Waals surface area contributed by atoms with Gasteiger partial charge in [0.1, 0.15) is 4.21 Å². The van der Waals surface area contributed by atoms with E-state index in [2.05, 4.69) is 4.72 Å². The van der Waals surface area contributed by atoms with Gasteiger partial charge in [0.15, 0.2) is 0 Å². The third-order valence-electron chi connectivity index (χ3n) is 3.48. The smallest absolute Gasteiger partial charge is 0.250 e. The predicted octanol–water partition coefficient (Wildman–Crippen LogP) is 2.63. The predicted molar refractivity (Wildman–Crippen MR) is 76.7 cm³/mol. The first kappa shape index (κ1) is 15.0. The molecule has 0 atom stereocenters. The molecule has 2 N–H and O–H groups in total. The number of nitrogens with one attached hydrogen (secondary N) is 1. The Morgan fingerprint density at radius 1 is 1.16 bits per heavy atom. The minimum absolute atomic E-state index is 0.0602. The SMILES string of the molecule is O=S(=O)(NC1CCCCCCC1)c1ccc(CO)s1. The van der Waals surface area contributed by atoms with E-state index >= 15 is 0 Å². The number of rotatable bonds is 4. The molecule has 108 valence electrons. The van der Waals surface area contributed by atoms with E-state index in [0.717, 1.165) is 37.0 Å². The Hall–Kier alpha value is -0.430. The van der Waals surface area contributed by atoms with Crippen molar-refractivity contribution in [1.82, 2.24) is 4.72 Å². The normalized spacial score (nSPS) is 19.0. The molecule has 1 aromatic heterocycles. The molecule has 19 heavy (non-hydrogen) atoms. The van der Waals surface area contributed by atoms with Gasteiger partial charge in [-0.2, -0.15) is 0 Å². The lowest BCUT2D eigenvalue weighted by molar-refractivity contribution is 0.285. The molecule has 0 aliphatic heterocycles. The van der Waals surface area contributed by atoms with Gasteiger partial charge in [0.05, 0.1) is 6.61 Å². The Morgan fingerprint density at radius 2 is 1.79 bits per heavy atom. The molecular weight excluding hydrogens is 282 g/mol. The summed E-state index contributed by atoms with van der Waals surface area (Å²) in [6.45, 7) is -0.108. The van der Waals surface area contributed by atoms with Crippen LogP contribution in [0.2, 0.25) is 0 Å². The highest BCUT2D eigenvalue weighted by Gasteiger charge is 2.22. The monoisotopic (exact) mass is 303 g/mol. The first-order chi connectivity index (χ1) is 9.12. The standard InChI is InChI=1S/C13H21NO3S2/c15-10-12-8-9-13(18-12)19(16,17)14-11-6-4-2-1-3-5-7-11/h8-9,11,14-15H,1-7,10H2. The van der Waals surface area contributed by atoms with Crippen molar-refractivity contribution >= 4 is 21.4 Å². The highest BCUT2D eigenvalue weighted by atomic mass is 32.2.